The molecule has 1 aliphatic carbocycles. The van der Waals surface area contributed by atoms with Gasteiger partial charge in [-0.3, -0.25) is 14.6 Å². The molecule has 2 fully saturated rings. The molecule has 2 aliphatic heterocycles. The molecule has 2 aromatic carbocycles. The summed E-state index contributed by atoms with van der Waals surface area (Å²) in [5.41, 5.74) is 1.62. The average molecular weight is 568 g/mol. The van der Waals surface area contributed by atoms with E-state index in [9.17, 15) is 9.59 Å². The summed E-state index contributed by atoms with van der Waals surface area (Å²) in [4.78, 5) is 42.3. The van der Waals surface area contributed by atoms with E-state index in [1.54, 1.807) is 18.6 Å². The van der Waals surface area contributed by atoms with E-state index in [0.717, 1.165) is 69.5 Å². The second-order valence-electron chi connectivity index (χ2n) is 12.1. The van der Waals surface area contributed by atoms with E-state index in [0.29, 0.717) is 43.5 Å². The van der Waals surface area contributed by atoms with Gasteiger partial charge in [0.15, 0.2) is 0 Å². The lowest BCUT2D eigenvalue weighted by Gasteiger charge is -2.43. The van der Waals surface area contributed by atoms with Crippen molar-refractivity contribution in [1.29, 1.82) is 0 Å². The first-order chi connectivity index (χ1) is 20.6. The van der Waals surface area contributed by atoms with Gasteiger partial charge in [0.25, 0.3) is 5.91 Å². The van der Waals surface area contributed by atoms with Crippen LogP contribution in [0.15, 0.2) is 73.2 Å². The van der Waals surface area contributed by atoms with Gasteiger partial charge in [0.2, 0.25) is 5.91 Å². The maximum Gasteiger partial charge on any atom is 0.257 e. The molecular weight excluding hydrogens is 526 g/mol. The molecule has 1 saturated carbocycles. The lowest BCUT2D eigenvalue weighted by Crippen LogP contribution is -2.48. The molecule has 0 radical (unpaired) electrons. The van der Waals surface area contributed by atoms with Crippen LogP contribution in [0.25, 0.3) is 0 Å². The fourth-order valence-corrected chi connectivity index (χ4v) is 6.49. The van der Waals surface area contributed by atoms with Crippen LogP contribution in [0, 0.1) is 11.3 Å². The number of anilines is 1. The summed E-state index contributed by atoms with van der Waals surface area (Å²) in [6, 6.07) is 17.8. The zero-order valence-corrected chi connectivity index (χ0v) is 24.4. The Balaban J connectivity index is 1.27. The number of hydrogen-bond acceptors (Lipinski definition) is 6. The van der Waals surface area contributed by atoms with E-state index in [1.807, 2.05) is 47.4 Å². The summed E-state index contributed by atoms with van der Waals surface area (Å²) < 4.78 is 6.56. The monoisotopic (exact) mass is 567 g/mol. The van der Waals surface area contributed by atoms with Gasteiger partial charge in [-0.2, -0.15) is 0 Å². The zero-order valence-electron chi connectivity index (χ0n) is 24.4. The molecule has 1 spiro atoms. The summed E-state index contributed by atoms with van der Waals surface area (Å²) >= 11 is 0. The van der Waals surface area contributed by atoms with Crippen molar-refractivity contribution >= 4 is 17.6 Å². The highest BCUT2D eigenvalue weighted by molar-refractivity contribution is 5.97. The molecule has 0 unspecified atom stereocenters. The van der Waals surface area contributed by atoms with E-state index in [2.05, 4.69) is 31.9 Å². The summed E-state index contributed by atoms with van der Waals surface area (Å²) in [5, 5.41) is 0. The summed E-state index contributed by atoms with van der Waals surface area (Å²) in [6.07, 6.45) is 12.2. The van der Waals surface area contributed by atoms with Crippen LogP contribution in [-0.4, -0.2) is 70.9 Å². The lowest BCUT2D eigenvalue weighted by atomic mass is 9.74. The van der Waals surface area contributed by atoms with Gasteiger partial charge in [0, 0.05) is 63.0 Å². The van der Waals surface area contributed by atoms with Gasteiger partial charge in [-0.25, -0.2) is 4.98 Å². The Morgan fingerprint density at radius 3 is 2.40 bits per heavy atom. The predicted octanol–water partition coefficient (Wildman–Crippen LogP) is 5.21. The van der Waals surface area contributed by atoms with Crippen LogP contribution in [-0.2, 0) is 11.3 Å². The lowest BCUT2D eigenvalue weighted by molar-refractivity contribution is -0.141. The van der Waals surface area contributed by atoms with Gasteiger partial charge in [0.05, 0.1) is 18.4 Å². The summed E-state index contributed by atoms with van der Waals surface area (Å²) in [7, 11) is 0. The number of carbonyl (C=O) groups excluding carboxylic acids is 2. The standard InChI is InChI=1S/C34H41N5O3/c40-32(28-10-6-11-28)38-20-15-34(16-21-38)14-7-19-37(31-24-35-17-18-36-31)22-23-39(25-27-8-2-1-3-9-27)33(41)29-12-4-5-13-30(29)42-26-34/h1-5,8-9,12-13,17-18,24,28H,6-7,10-11,14-16,19-23,25-26H2. The van der Waals surface area contributed by atoms with Crippen LogP contribution < -0.4 is 9.64 Å². The molecule has 3 heterocycles. The van der Waals surface area contributed by atoms with Crippen LogP contribution >= 0.6 is 0 Å². The maximum atomic E-state index is 14.1. The number of aromatic nitrogens is 2. The van der Waals surface area contributed by atoms with E-state index in [-0.39, 0.29) is 17.2 Å². The van der Waals surface area contributed by atoms with Gasteiger partial charge >= 0.3 is 0 Å². The smallest absolute Gasteiger partial charge is 0.257 e. The van der Waals surface area contributed by atoms with Gasteiger partial charge in [-0.15, -0.1) is 0 Å². The molecule has 6 rings (SSSR count). The number of para-hydroxylation sites is 1. The first-order valence-electron chi connectivity index (χ1n) is 15.5. The Kier molecular flexibility index (Phi) is 8.68. The third-order valence-electron chi connectivity index (χ3n) is 9.39. The van der Waals surface area contributed by atoms with Crippen molar-refractivity contribution in [2.45, 2.75) is 51.5 Å². The third-order valence-corrected chi connectivity index (χ3v) is 9.39. The third kappa shape index (κ3) is 6.42. The molecule has 0 bridgehead atoms. The van der Waals surface area contributed by atoms with Crippen molar-refractivity contribution in [1.82, 2.24) is 19.8 Å². The van der Waals surface area contributed by atoms with E-state index < -0.39 is 0 Å². The Morgan fingerprint density at radius 1 is 0.881 bits per heavy atom. The first kappa shape index (κ1) is 28.2. The van der Waals surface area contributed by atoms with Gasteiger partial charge in [0.1, 0.15) is 11.6 Å². The number of carbonyl (C=O) groups is 2. The molecule has 1 saturated heterocycles. The largest absolute Gasteiger partial charge is 0.492 e. The van der Waals surface area contributed by atoms with Crippen molar-refractivity contribution in [2.24, 2.45) is 11.3 Å². The number of likely N-dealkylation sites (tertiary alicyclic amines) is 1. The molecule has 220 valence electrons. The zero-order chi connectivity index (χ0) is 28.8. The van der Waals surface area contributed by atoms with Crippen LogP contribution in [0.4, 0.5) is 5.82 Å². The molecule has 0 atom stereocenters. The van der Waals surface area contributed by atoms with Crippen molar-refractivity contribution in [3.8, 4) is 5.75 Å². The van der Waals surface area contributed by atoms with Crippen LogP contribution in [0.3, 0.4) is 0 Å². The van der Waals surface area contributed by atoms with Crippen molar-refractivity contribution in [3.63, 3.8) is 0 Å². The van der Waals surface area contributed by atoms with Crippen molar-refractivity contribution in [2.75, 3.05) is 44.2 Å². The topological polar surface area (TPSA) is 78.9 Å². The second kappa shape index (κ2) is 12.9. The number of hydrogen-bond donors (Lipinski definition) is 0. The Labute approximate surface area is 248 Å². The molecule has 8 nitrogen and oxygen atoms in total. The number of amides is 2. The predicted molar refractivity (Wildman–Crippen MR) is 162 cm³/mol. The molecule has 3 aromatic rings. The van der Waals surface area contributed by atoms with E-state index >= 15 is 0 Å². The molecule has 8 heteroatoms. The number of fused-ring (bicyclic) bond motifs is 1. The van der Waals surface area contributed by atoms with Crippen molar-refractivity contribution in [3.05, 3.63) is 84.3 Å². The quantitative estimate of drug-likeness (QED) is 0.431. The number of nitrogens with zero attached hydrogens (tertiary/aromatic N) is 5. The second-order valence-corrected chi connectivity index (χ2v) is 12.1. The highest BCUT2D eigenvalue weighted by Gasteiger charge is 2.39. The van der Waals surface area contributed by atoms with Crippen LogP contribution in [0.1, 0.15) is 60.9 Å². The average Bonchev–Trinajstić information content (AvgIpc) is 3.01. The van der Waals surface area contributed by atoms with Gasteiger partial charge in [-0.1, -0.05) is 48.9 Å². The molecule has 3 aliphatic rings. The van der Waals surface area contributed by atoms with Crippen LogP contribution in [0.5, 0.6) is 5.75 Å². The number of piperidine rings is 1. The van der Waals surface area contributed by atoms with Crippen molar-refractivity contribution < 1.29 is 14.3 Å². The minimum absolute atomic E-state index is 0.0391. The summed E-state index contributed by atoms with van der Waals surface area (Å²) in [6.45, 7) is 4.60. The number of ether oxygens (including phenoxy) is 1. The number of rotatable bonds is 4. The Morgan fingerprint density at radius 2 is 1.67 bits per heavy atom. The van der Waals surface area contributed by atoms with Gasteiger partial charge in [-0.05, 0) is 56.2 Å². The fraction of sp³-hybridized carbons (Fsp3) is 0.471. The highest BCUT2D eigenvalue weighted by Crippen LogP contribution is 2.39. The highest BCUT2D eigenvalue weighted by atomic mass is 16.5. The minimum Gasteiger partial charge on any atom is -0.492 e. The first-order valence-corrected chi connectivity index (χ1v) is 15.5. The van der Waals surface area contributed by atoms with E-state index in [1.165, 1.54) is 6.42 Å². The number of benzene rings is 2. The summed E-state index contributed by atoms with van der Waals surface area (Å²) in [5.74, 6) is 1.99. The van der Waals surface area contributed by atoms with E-state index in [4.69, 9.17) is 4.74 Å². The molecule has 2 amide bonds. The SMILES string of the molecule is O=C1c2ccccc2OCC2(CCCN(c3cnccn3)CCN1Cc1ccccc1)CCN(C(=O)C1CCC1)CC2. The molecule has 1 aromatic heterocycles. The van der Waals surface area contributed by atoms with Gasteiger partial charge < -0.3 is 19.4 Å². The Bertz CT molecular complexity index is 1340. The Hall–Kier alpha value is -3.94. The molecule has 42 heavy (non-hydrogen) atoms. The maximum absolute atomic E-state index is 14.1. The molecular formula is C34H41N5O3. The minimum atomic E-state index is -0.0572. The fourth-order valence-electron chi connectivity index (χ4n) is 6.49. The van der Waals surface area contributed by atoms with Crippen LogP contribution in [0.2, 0.25) is 0 Å². The normalized spacial score (nSPS) is 20.0. The molecule has 0 N–H and O–H groups in total.